The molecule has 194 valence electrons. The van der Waals surface area contributed by atoms with Gasteiger partial charge in [-0.15, -0.1) is 0 Å². The van der Waals surface area contributed by atoms with E-state index >= 15 is 0 Å². The summed E-state index contributed by atoms with van der Waals surface area (Å²) in [5.74, 6) is 0.0994. The lowest BCUT2D eigenvalue weighted by atomic mass is 9.53. The fraction of sp³-hybridized carbons (Fsp3) is 0.645. The highest BCUT2D eigenvalue weighted by Gasteiger charge is 2.65. The molecule has 0 amide bonds. The molecule has 2 unspecified atom stereocenters. The van der Waals surface area contributed by atoms with Crippen molar-refractivity contribution >= 4 is 6.29 Å². The van der Waals surface area contributed by atoms with Crippen LogP contribution in [0, 0.1) is 11.3 Å². The van der Waals surface area contributed by atoms with E-state index in [1.54, 1.807) is 0 Å². The zero-order chi connectivity index (χ0) is 25.6. The van der Waals surface area contributed by atoms with Gasteiger partial charge in [0.25, 0.3) is 0 Å². The maximum Gasteiger partial charge on any atom is 0.167 e. The first-order valence-corrected chi connectivity index (χ1v) is 13.4. The molecule has 1 aliphatic carbocycles. The Bertz CT molecular complexity index is 912. The summed E-state index contributed by atoms with van der Waals surface area (Å²) in [6.45, 7) is 13.1. The van der Waals surface area contributed by atoms with E-state index < -0.39 is 17.3 Å². The Morgan fingerprint density at radius 1 is 1.17 bits per heavy atom. The topological polar surface area (TPSA) is 55.8 Å². The fourth-order valence-corrected chi connectivity index (χ4v) is 6.30. The molecule has 35 heavy (non-hydrogen) atoms. The van der Waals surface area contributed by atoms with Gasteiger partial charge in [-0.2, -0.15) is 0 Å². The lowest BCUT2D eigenvalue weighted by Gasteiger charge is -2.55. The van der Waals surface area contributed by atoms with Crippen molar-refractivity contribution in [3.8, 4) is 0 Å². The Labute approximate surface area is 212 Å². The minimum atomic E-state index is -0.913. The van der Waals surface area contributed by atoms with Gasteiger partial charge in [0, 0.05) is 6.61 Å². The van der Waals surface area contributed by atoms with Crippen molar-refractivity contribution in [2.45, 2.75) is 111 Å². The molecule has 4 nitrogen and oxygen atoms in total. The summed E-state index contributed by atoms with van der Waals surface area (Å²) >= 11 is 0. The van der Waals surface area contributed by atoms with E-state index in [0.717, 1.165) is 56.0 Å². The van der Waals surface area contributed by atoms with E-state index in [-0.39, 0.29) is 12.0 Å². The minimum Gasteiger partial charge on any atom is -0.389 e. The average Bonchev–Trinajstić information content (AvgIpc) is 3.12. The first-order chi connectivity index (χ1) is 16.6. The zero-order valence-corrected chi connectivity index (χ0v) is 22.7. The minimum absolute atomic E-state index is 0.0994. The van der Waals surface area contributed by atoms with E-state index in [1.807, 2.05) is 13.8 Å². The highest BCUT2D eigenvalue weighted by atomic mass is 16.7. The molecule has 4 heteroatoms. The van der Waals surface area contributed by atoms with Crippen LogP contribution in [0.15, 0.2) is 58.2 Å². The first-order valence-electron chi connectivity index (χ1n) is 13.4. The van der Waals surface area contributed by atoms with Crippen LogP contribution in [-0.2, 0) is 14.3 Å². The summed E-state index contributed by atoms with van der Waals surface area (Å²) in [5.41, 5.74) is 4.42. The summed E-state index contributed by atoms with van der Waals surface area (Å²) in [4.78, 5) is 11.7. The predicted octanol–water partition coefficient (Wildman–Crippen LogP) is 7.16. The lowest BCUT2D eigenvalue weighted by Crippen LogP contribution is -2.59. The Morgan fingerprint density at radius 2 is 1.94 bits per heavy atom. The highest BCUT2D eigenvalue weighted by Crippen LogP contribution is 2.61. The molecule has 2 heterocycles. The van der Waals surface area contributed by atoms with Crippen LogP contribution in [0.25, 0.3) is 0 Å². The summed E-state index contributed by atoms with van der Waals surface area (Å²) in [6, 6.07) is 0. The Morgan fingerprint density at radius 3 is 2.66 bits per heavy atom. The standard InChI is InChI=1S/C31H46O4/c1-22(2)11-9-12-23(3)13-10-14-24(4)19-26-20-31-28(15-7-8-18-34-29(31)35-26)27(25(5)21-32)16-17-30(31,6)33/h10-11,13-14,19,21,26,28-29,33H,7-9,12,15-18,20H2,1-6H3/b14-10+,23-13+,24-19+,27-25-/t26?,28-,29?,30+,31+/m1/s1. The maximum atomic E-state index is 11.8. The van der Waals surface area contributed by atoms with E-state index in [4.69, 9.17) is 9.47 Å². The molecular formula is C31H46O4. The van der Waals surface area contributed by atoms with Crippen molar-refractivity contribution in [1.29, 1.82) is 0 Å². The van der Waals surface area contributed by atoms with E-state index in [9.17, 15) is 9.90 Å². The summed E-state index contributed by atoms with van der Waals surface area (Å²) < 4.78 is 12.8. The van der Waals surface area contributed by atoms with Crippen LogP contribution in [0.2, 0.25) is 0 Å². The zero-order valence-electron chi connectivity index (χ0n) is 22.7. The van der Waals surface area contributed by atoms with Crippen molar-refractivity contribution in [1.82, 2.24) is 0 Å². The summed E-state index contributed by atoms with van der Waals surface area (Å²) in [6.07, 6.45) is 18.5. The van der Waals surface area contributed by atoms with Gasteiger partial charge in [0.15, 0.2) is 6.29 Å². The van der Waals surface area contributed by atoms with Crippen molar-refractivity contribution in [3.63, 3.8) is 0 Å². The molecule has 3 fully saturated rings. The molecule has 0 aromatic carbocycles. The number of ether oxygens (including phenoxy) is 2. The number of carbonyl (C=O) groups excluding carboxylic acids is 1. The van der Waals surface area contributed by atoms with Gasteiger partial charge in [-0.3, -0.25) is 4.79 Å². The van der Waals surface area contributed by atoms with E-state index in [2.05, 4.69) is 58.1 Å². The Balaban J connectivity index is 1.83. The van der Waals surface area contributed by atoms with Crippen molar-refractivity contribution in [2.24, 2.45) is 11.3 Å². The van der Waals surface area contributed by atoms with Gasteiger partial charge in [-0.25, -0.2) is 0 Å². The van der Waals surface area contributed by atoms with E-state index in [1.165, 1.54) is 16.7 Å². The van der Waals surface area contributed by atoms with Gasteiger partial charge in [-0.05, 0) is 98.0 Å². The van der Waals surface area contributed by atoms with E-state index in [0.29, 0.717) is 19.4 Å². The van der Waals surface area contributed by atoms with Crippen LogP contribution in [0.1, 0.15) is 92.9 Å². The second kappa shape index (κ2) is 12.0. The van der Waals surface area contributed by atoms with Crippen LogP contribution in [0.3, 0.4) is 0 Å². The Hall–Kier alpha value is -1.75. The molecule has 2 saturated heterocycles. The monoisotopic (exact) mass is 482 g/mol. The van der Waals surface area contributed by atoms with Crippen molar-refractivity contribution in [2.75, 3.05) is 6.61 Å². The number of rotatable bonds is 7. The second-order valence-corrected chi connectivity index (χ2v) is 11.4. The quantitative estimate of drug-likeness (QED) is 0.181. The SMILES string of the molecule is CC(C)=CCC/C(C)=C/C=C/C(C)=C/C1C[C@@]23C(OCCCC[C@@H]2/C(=C(/C)C=O)CC[C@]3(C)O)O1. The molecule has 1 N–H and O–H groups in total. The number of carbonyl (C=O) groups is 1. The molecule has 1 spiro atoms. The number of allylic oxidation sites excluding steroid dienone is 9. The van der Waals surface area contributed by atoms with Crippen LogP contribution < -0.4 is 0 Å². The van der Waals surface area contributed by atoms with Gasteiger partial charge in [0.05, 0.1) is 17.1 Å². The lowest BCUT2D eigenvalue weighted by molar-refractivity contribution is -0.245. The number of hydrogen-bond acceptors (Lipinski definition) is 4. The molecule has 3 aliphatic rings. The van der Waals surface area contributed by atoms with Gasteiger partial charge < -0.3 is 14.6 Å². The average molecular weight is 483 g/mol. The van der Waals surface area contributed by atoms with Crippen LogP contribution in [0.4, 0.5) is 0 Å². The fourth-order valence-electron chi connectivity index (χ4n) is 6.30. The third-order valence-corrected chi connectivity index (χ3v) is 8.30. The Kier molecular flexibility index (Phi) is 9.53. The van der Waals surface area contributed by atoms with Gasteiger partial charge in [0.1, 0.15) is 6.29 Å². The smallest absolute Gasteiger partial charge is 0.167 e. The summed E-state index contributed by atoms with van der Waals surface area (Å²) in [5, 5.41) is 11.8. The van der Waals surface area contributed by atoms with Crippen LogP contribution in [-0.4, -0.2) is 36.0 Å². The molecule has 0 aromatic rings. The van der Waals surface area contributed by atoms with Crippen LogP contribution in [0.5, 0.6) is 0 Å². The normalized spacial score (nSPS) is 35.7. The number of aldehydes is 1. The van der Waals surface area contributed by atoms with Gasteiger partial charge in [-0.1, -0.05) is 59.1 Å². The molecule has 2 aliphatic heterocycles. The highest BCUT2D eigenvalue weighted by molar-refractivity contribution is 5.74. The molecule has 5 atom stereocenters. The number of aliphatic hydroxyl groups is 1. The molecular weight excluding hydrogens is 436 g/mol. The third kappa shape index (κ3) is 6.34. The maximum absolute atomic E-state index is 11.8. The van der Waals surface area contributed by atoms with Crippen molar-refractivity contribution in [3.05, 3.63) is 58.2 Å². The molecule has 0 bridgehead atoms. The first kappa shape index (κ1) is 27.8. The molecule has 3 rings (SSSR count). The molecule has 1 saturated carbocycles. The largest absolute Gasteiger partial charge is 0.389 e. The predicted molar refractivity (Wildman–Crippen MR) is 143 cm³/mol. The second-order valence-electron chi connectivity index (χ2n) is 11.4. The van der Waals surface area contributed by atoms with Gasteiger partial charge >= 0.3 is 0 Å². The van der Waals surface area contributed by atoms with Crippen molar-refractivity contribution < 1.29 is 19.4 Å². The molecule has 0 aromatic heterocycles. The number of hydrogen-bond donors (Lipinski definition) is 1. The van der Waals surface area contributed by atoms with Gasteiger partial charge in [0.2, 0.25) is 0 Å². The summed E-state index contributed by atoms with van der Waals surface area (Å²) in [7, 11) is 0. The third-order valence-electron chi connectivity index (χ3n) is 8.30. The van der Waals surface area contributed by atoms with Crippen LogP contribution >= 0.6 is 0 Å². The molecule has 0 radical (unpaired) electrons.